The smallest absolute Gasteiger partial charge is 0.253 e. The van der Waals surface area contributed by atoms with E-state index in [2.05, 4.69) is 37.5 Å². The molecule has 10 heteroatoms. The average molecular weight is 625 g/mol. The summed E-state index contributed by atoms with van der Waals surface area (Å²) < 4.78 is 2.68. The van der Waals surface area contributed by atoms with Gasteiger partial charge in [-0.05, 0) is 73.7 Å². The first-order valence-corrected chi connectivity index (χ1v) is 14.7. The Bertz CT molecular complexity index is 1560. The van der Waals surface area contributed by atoms with Gasteiger partial charge in [0.05, 0.1) is 28.6 Å². The predicted molar refractivity (Wildman–Crippen MR) is 159 cm³/mol. The zero-order chi connectivity index (χ0) is 27.5. The minimum atomic E-state index is -0.315. The molecular weight excluding hydrogens is 598 g/mol. The first-order chi connectivity index (χ1) is 18.8. The number of benzene rings is 3. The summed E-state index contributed by atoms with van der Waals surface area (Å²) in [6, 6.07) is 19.2. The number of hydrogen-bond acceptors (Lipinski definition) is 5. The van der Waals surface area contributed by atoms with E-state index in [-0.39, 0.29) is 24.1 Å². The lowest BCUT2D eigenvalue weighted by molar-refractivity contribution is -0.116. The Morgan fingerprint density at radius 3 is 2.69 bits per heavy atom. The second-order valence-corrected chi connectivity index (χ2v) is 11.6. The van der Waals surface area contributed by atoms with Gasteiger partial charge in [-0.3, -0.25) is 14.2 Å². The SMILES string of the molecule is Cc1cccc(-n2c(CNC(=O)c3cc(Br)ccc3Cl)nnc2SCC(=O)N2CCCc3ccccc32)c1C. The molecule has 2 amide bonds. The van der Waals surface area contributed by atoms with E-state index in [1.807, 2.05) is 59.7 Å². The third-order valence-electron chi connectivity index (χ3n) is 6.83. The summed E-state index contributed by atoms with van der Waals surface area (Å²) in [5.74, 6) is 0.491. The van der Waals surface area contributed by atoms with Gasteiger partial charge in [0.15, 0.2) is 11.0 Å². The van der Waals surface area contributed by atoms with Gasteiger partial charge in [-0.1, -0.05) is 69.6 Å². The zero-order valence-electron chi connectivity index (χ0n) is 21.6. The third kappa shape index (κ3) is 5.90. The number of nitrogens with one attached hydrogen (secondary N) is 1. The molecule has 0 bridgehead atoms. The second-order valence-electron chi connectivity index (χ2n) is 9.33. The van der Waals surface area contributed by atoms with Crippen molar-refractivity contribution in [2.45, 2.75) is 38.4 Å². The van der Waals surface area contributed by atoms with Crippen molar-refractivity contribution in [2.24, 2.45) is 0 Å². The molecule has 2 heterocycles. The number of carbonyl (C=O) groups excluding carboxylic acids is 2. The minimum Gasteiger partial charge on any atom is -0.345 e. The molecule has 0 atom stereocenters. The number of aromatic nitrogens is 3. The number of para-hydroxylation sites is 1. The Morgan fingerprint density at radius 2 is 1.85 bits per heavy atom. The Hall–Kier alpha value is -3.14. The molecule has 4 aromatic rings. The van der Waals surface area contributed by atoms with E-state index in [4.69, 9.17) is 11.6 Å². The third-order valence-corrected chi connectivity index (χ3v) is 8.57. The Labute approximate surface area is 245 Å². The van der Waals surface area contributed by atoms with Crippen molar-refractivity contribution in [3.8, 4) is 5.69 Å². The van der Waals surface area contributed by atoms with E-state index in [1.54, 1.807) is 18.2 Å². The maximum absolute atomic E-state index is 13.3. The van der Waals surface area contributed by atoms with Crippen LogP contribution in [0.15, 0.2) is 70.3 Å². The van der Waals surface area contributed by atoms with Crippen molar-refractivity contribution in [3.05, 3.63) is 98.2 Å². The maximum Gasteiger partial charge on any atom is 0.253 e. The molecule has 7 nitrogen and oxygen atoms in total. The van der Waals surface area contributed by atoms with Gasteiger partial charge < -0.3 is 10.2 Å². The van der Waals surface area contributed by atoms with Gasteiger partial charge in [0, 0.05) is 16.7 Å². The van der Waals surface area contributed by atoms with Crippen LogP contribution in [0.4, 0.5) is 5.69 Å². The number of hydrogen-bond donors (Lipinski definition) is 1. The number of rotatable bonds is 7. The van der Waals surface area contributed by atoms with Crippen LogP contribution in [0.25, 0.3) is 5.69 Å². The normalized spacial score (nSPS) is 12.8. The fourth-order valence-electron chi connectivity index (χ4n) is 4.65. The molecule has 1 N–H and O–H groups in total. The van der Waals surface area contributed by atoms with Crippen molar-refractivity contribution in [2.75, 3.05) is 17.2 Å². The maximum atomic E-state index is 13.3. The van der Waals surface area contributed by atoms with Crippen LogP contribution in [0.5, 0.6) is 0 Å². The number of halogens is 2. The predicted octanol–water partition coefficient (Wildman–Crippen LogP) is 6.30. The van der Waals surface area contributed by atoms with E-state index in [1.165, 1.54) is 17.3 Å². The summed E-state index contributed by atoms with van der Waals surface area (Å²) in [7, 11) is 0. The van der Waals surface area contributed by atoms with Crippen LogP contribution in [-0.2, 0) is 17.8 Å². The largest absolute Gasteiger partial charge is 0.345 e. The molecule has 1 aliphatic rings. The van der Waals surface area contributed by atoms with Crippen LogP contribution in [0.1, 0.15) is 39.3 Å². The number of anilines is 1. The highest BCUT2D eigenvalue weighted by atomic mass is 79.9. The molecule has 200 valence electrons. The molecule has 0 aliphatic carbocycles. The summed E-state index contributed by atoms with van der Waals surface area (Å²) >= 11 is 11.0. The Morgan fingerprint density at radius 1 is 1.05 bits per heavy atom. The monoisotopic (exact) mass is 623 g/mol. The molecule has 5 rings (SSSR count). The lowest BCUT2D eigenvalue weighted by Gasteiger charge is -2.29. The van der Waals surface area contributed by atoms with Crippen molar-refractivity contribution >= 4 is 56.8 Å². The van der Waals surface area contributed by atoms with Gasteiger partial charge in [0.25, 0.3) is 5.91 Å². The molecule has 0 fully saturated rings. The van der Waals surface area contributed by atoms with E-state index in [9.17, 15) is 9.59 Å². The molecule has 39 heavy (non-hydrogen) atoms. The summed E-state index contributed by atoms with van der Waals surface area (Å²) in [5, 5.41) is 12.7. The fraction of sp³-hybridized carbons (Fsp3) is 0.241. The number of aryl methyl sites for hydroxylation is 2. The summed E-state index contributed by atoms with van der Waals surface area (Å²) in [6.07, 6.45) is 1.92. The van der Waals surface area contributed by atoms with E-state index in [0.29, 0.717) is 28.1 Å². The number of fused-ring (bicyclic) bond motifs is 1. The number of amides is 2. The van der Waals surface area contributed by atoms with E-state index < -0.39 is 0 Å². The molecule has 0 saturated carbocycles. The van der Waals surface area contributed by atoms with Crippen molar-refractivity contribution < 1.29 is 9.59 Å². The summed E-state index contributed by atoms with van der Waals surface area (Å²) in [4.78, 5) is 28.1. The van der Waals surface area contributed by atoms with Crippen molar-refractivity contribution in [1.29, 1.82) is 0 Å². The second kappa shape index (κ2) is 11.9. The summed E-state index contributed by atoms with van der Waals surface area (Å²) in [6.45, 7) is 4.92. The first-order valence-electron chi connectivity index (χ1n) is 12.6. The Kier molecular flexibility index (Phi) is 8.40. The van der Waals surface area contributed by atoms with E-state index >= 15 is 0 Å². The molecule has 1 aromatic heterocycles. The highest BCUT2D eigenvalue weighted by molar-refractivity contribution is 9.10. The van der Waals surface area contributed by atoms with Gasteiger partial charge in [-0.15, -0.1) is 10.2 Å². The number of thioether (sulfide) groups is 1. The minimum absolute atomic E-state index is 0.0295. The molecule has 3 aromatic carbocycles. The standard InChI is InChI=1S/C29H27BrClN5O2S/c1-18-7-5-11-24(19(18)2)36-26(16-32-28(38)22-15-21(30)12-13-23(22)31)33-34-29(36)39-17-27(37)35-14-6-9-20-8-3-4-10-25(20)35/h3-5,7-8,10-13,15H,6,9,14,16-17H2,1-2H3,(H,32,38). The highest BCUT2D eigenvalue weighted by Crippen LogP contribution is 2.30. The Balaban J connectivity index is 1.39. The van der Waals surface area contributed by atoms with Gasteiger partial charge in [-0.25, -0.2) is 0 Å². The van der Waals surface area contributed by atoms with Gasteiger partial charge in [0.1, 0.15) is 0 Å². The lowest BCUT2D eigenvalue weighted by atomic mass is 10.0. The van der Waals surface area contributed by atoms with Crippen LogP contribution in [0, 0.1) is 13.8 Å². The van der Waals surface area contributed by atoms with Crippen molar-refractivity contribution in [3.63, 3.8) is 0 Å². The molecule has 0 saturated heterocycles. The molecular formula is C29H27BrClN5O2S. The summed E-state index contributed by atoms with van der Waals surface area (Å²) in [5.41, 5.74) is 5.64. The zero-order valence-corrected chi connectivity index (χ0v) is 24.7. The van der Waals surface area contributed by atoms with Crippen LogP contribution in [0.3, 0.4) is 0 Å². The van der Waals surface area contributed by atoms with Crippen LogP contribution < -0.4 is 10.2 Å². The van der Waals surface area contributed by atoms with Crippen LogP contribution in [-0.4, -0.2) is 38.9 Å². The van der Waals surface area contributed by atoms with Crippen LogP contribution in [0.2, 0.25) is 5.02 Å². The van der Waals surface area contributed by atoms with Crippen LogP contribution >= 0.6 is 39.3 Å². The molecule has 0 radical (unpaired) electrons. The van der Waals surface area contributed by atoms with Gasteiger partial charge >= 0.3 is 0 Å². The number of nitrogens with zero attached hydrogens (tertiary/aromatic N) is 4. The lowest BCUT2D eigenvalue weighted by Crippen LogP contribution is -2.36. The van der Waals surface area contributed by atoms with E-state index in [0.717, 1.165) is 39.8 Å². The highest BCUT2D eigenvalue weighted by Gasteiger charge is 2.24. The van der Waals surface area contributed by atoms with Crippen molar-refractivity contribution in [1.82, 2.24) is 20.1 Å². The number of carbonyl (C=O) groups is 2. The molecule has 0 unspecified atom stereocenters. The quantitative estimate of drug-likeness (QED) is 0.244. The average Bonchev–Trinajstić information content (AvgIpc) is 3.35. The molecule has 1 aliphatic heterocycles. The topological polar surface area (TPSA) is 80.1 Å². The fourth-order valence-corrected chi connectivity index (χ4v) is 6.06. The first kappa shape index (κ1) is 27.4. The van der Waals surface area contributed by atoms with Gasteiger partial charge in [0.2, 0.25) is 5.91 Å². The van der Waals surface area contributed by atoms with Gasteiger partial charge in [-0.2, -0.15) is 0 Å². The molecule has 0 spiro atoms.